The highest BCUT2D eigenvalue weighted by Gasteiger charge is 2.35. The molecule has 3 heterocycles. The largest absolute Gasteiger partial charge is 0.484 e. The van der Waals surface area contributed by atoms with Crippen molar-refractivity contribution >= 4 is 16.7 Å². The average molecular weight is 387 g/mol. The van der Waals surface area contributed by atoms with Crippen molar-refractivity contribution in [2.24, 2.45) is 0 Å². The van der Waals surface area contributed by atoms with E-state index in [2.05, 4.69) is 20.1 Å². The first-order chi connectivity index (χ1) is 14.3. The number of carbonyl (C=O) groups is 1. The molecule has 2 aromatic heterocycles. The number of hydrogen-bond donors (Lipinski definition) is 0. The van der Waals surface area contributed by atoms with Gasteiger partial charge in [-0.25, -0.2) is 4.98 Å². The van der Waals surface area contributed by atoms with E-state index in [0.29, 0.717) is 36.2 Å². The van der Waals surface area contributed by atoms with Crippen molar-refractivity contribution < 1.29 is 14.1 Å². The summed E-state index contributed by atoms with van der Waals surface area (Å²) in [5.74, 6) is 1.54. The van der Waals surface area contributed by atoms with Crippen LogP contribution in [-0.2, 0) is 4.79 Å². The van der Waals surface area contributed by atoms with Crippen LogP contribution in [0, 0.1) is 0 Å². The predicted molar refractivity (Wildman–Crippen MR) is 104 cm³/mol. The minimum Gasteiger partial charge on any atom is -0.484 e. The van der Waals surface area contributed by atoms with Gasteiger partial charge in [0.05, 0.1) is 12.1 Å². The van der Waals surface area contributed by atoms with E-state index in [4.69, 9.17) is 9.26 Å². The van der Waals surface area contributed by atoms with Gasteiger partial charge >= 0.3 is 0 Å². The SMILES string of the molecule is O=C(COc1ccc2ccccc2c1)N1CC(c2nc(-c3cnccn3)no2)C1. The molecule has 0 aliphatic carbocycles. The Morgan fingerprint density at radius 3 is 2.83 bits per heavy atom. The fourth-order valence-corrected chi connectivity index (χ4v) is 3.25. The van der Waals surface area contributed by atoms with Gasteiger partial charge in [0.1, 0.15) is 11.4 Å². The van der Waals surface area contributed by atoms with Gasteiger partial charge < -0.3 is 14.2 Å². The summed E-state index contributed by atoms with van der Waals surface area (Å²) < 4.78 is 11.0. The van der Waals surface area contributed by atoms with Crippen LogP contribution < -0.4 is 4.74 Å². The van der Waals surface area contributed by atoms with Crippen molar-refractivity contribution in [2.45, 2.75) is 5.92 Å². The summed E-state index contributed by atoms with van der Waals surface area (Å²) in [5.41, 5.74) is 0.554. The lowest BCUT2D eigenvalue weighted by molar-refractivity contribution is -0.138. The number of likely N-dealkylation sites (tertiary alicyclic amines) is 1. The Hall–Kier alpha value is -3.81. The smallest absolute Gasteiger partial charge is 0.260 e. The summed E-state index contributed by atoms with van der Waals surface area (Å²) >= 11 is 0. The number of rotatable bonds is 5. The summed E-state index contributed by atoms with van der Waals surface area (Å²) in [6, 6.07) is 13.8. The molecule has 1 aliphatic rings. The molecule has 8 heteroatoms. The molecule has 0 atom stereocenters. The molecular weight excluding hydrogens is 370 g/mol. The zero-order valence-electron chi connectivity index (χ0n) is 15.4. The van der Waals surface area contributed by atoms with Crippen LogP contribution in [0.5, 0.6) is 5.75 Å². The summed E-state index contributed by atoms with van der Waals surface area (Å²) in [6.07, 6.45) is 4.74. The maximum absolute atomic E-state index is 12.4. The number of amides is 1. The monoisotopic (exact) mass is 387 g/mol. The van der Waals surface area contributed by atoms with Crippen LogP contribution in [-0.4, -0.2) is 50.6 Å². The number of hydrogen-bond acceptors (Lipinski definition) is 7. The van der Waals surface area contributed by atoms with Gasteiger partial charge in [-0.2, -0.15) is 4.98 Å². The van der Waals surface area contributed by atoms with E-state index >= 15 is 0 Å². The van der Waals surface area contributed by atoms with Gasteiger partial charge in [0.15, 0.2) is 6.61 Å². The summed E-state index contributed by atoms with van der Waals surface area (Å²) in [6.45, 7) is 1.06. The zero-order chi connectivity index (χ0) is 19.6. The highest BCUT2D eigenvalue weighted by molar-refractivity contribution is 5.84. The Kier molecular flexibility index (Phi) is 4.36. The van der Waals surface area contributed by atoms with E-state index < -0.39 is 0 Å². The Labute approximate surface area is 166 Å². The lowest BCUT2D eigenvalue weighted by Crippen LogP contribution is -2.50. The maximum atomic E-state index is 12.4. The first kappa shape index (κ1) is 17.3. The van der Waals surface area contributed by atoms with E-state index in [1.54, 1.807) is 23.5 Å². The van der Waals surface area contributed by atoms with Crippen LogP contribution in [0.3, 0.4) is 0 Å². The van der Waals surface area contributed by atoms with Gasteiger partial charge in [0, 0.05) is 25.5 Å². The molecule has 0 unspecified atom stereocenters. The number of nitrogens with zero attached hydrogens (tertiary/aromatic N) is 5. The average Bonchev–Trinajstić information content (AvgIpc) is 3.21. The lowest BCUT2D eigenvalue weighted by Gasteiger charge is -2.36. The highest BCUT2D eigenvalue weighted by atomic mass is 16.5. The third-order valence-electron chi connectivity index (χ3n) is 4.90. The Morgan fingerprint density at radius 1 is 1.14 bits per heavy atom. The van der Waals surface area contributed by atoms with Crippen molar-refractivity contribution in [1.29, 1.82) is 0 Å². The topological polar surface area (TPSA) is 94.2 Å². The third-order valence-corrected chi connectivity index (χ3v) is 4.90. The molecular formula is C21H17N5O3. The van der Waals surface area contributed by atoms with E-state index in [1.165, 1.54) is 0 Å². The molecule has 0 spiro atoms. The molecule has 1 saturated heterocycles. The zero-order valence-corrected chi connectivity index (χ0v) is 15.4. The quantitative estimate of drug-likeness (QED) is 0.520. The first-order valence-corrected chi connectivity index (χ1v) is 9.25. The number of benzene rings is 2. The molecule has 1 amide bonds. The van der Waals surface area contributed by atoms with Crippen molar-refractivity contribution in [3.05, 3.63) is 66.9 Å². The van der Waals surface area contributed by atoms with Crippen LogP contribution in [0.1, 0.15) is 11.8 Å². The fourth-order valence-electron chi connectivity index (χ4n) is 3.25. The van der Waals surface area contributed by atoms with Crippen LogP contribution in [0.4, 0.5) is 0 Å². The van der Waals surface area contributed by atoms with Gasteiger partial charge in [0.2, 0.25) is 11.7 Å². The van der Waals surface area contributed by atoms with Crippen LogP contribution >= 0.6 is 0 Å². The summed E-state index contributed by atoms with van der Waals surface area (Å²) in [5, 5.41) is 6.16. The molecule has 8 nitrogen and oxygen atoms in total. The molecule has 144 valence electrons. The number of carbonyl (C=O) groups excluding carboxylic acids is 1. The van der Waals surface area contributed by atoms with Crippen molar-refractivity contribution in [3.63, 3.8) is 0 Å². The Bertz CT molecular complexity index is 1160. The molecule has 29 heavy (non-hydrogen) atoms. The Balaban J connectivity index is 1.16. The highest BCUT2D eigenvalue weighted by Crippen LogP contribution is 2.27. The van der Waals surface area contributed by atoms with Gasteiger partial charge in [-0.1, -0.05) is 35.5 Å². The van der Waals surface area contributed by atoms with Crippen molar-refractivity contribution in [3.8, 4) is 17.3 Å². The summed E-state index contributed by atoms with van der Waals surface area (Å²) in [7, 11) is 0. The molecule has 1 fully saturated rings. The summed E-state index contributed by atoms with van der Waals surface area (Å²) in [4.78, 5) is 26.6. The molecule has 0 bridgehead atoms. The van der Waals surface area contributed by atoms with Crippen molar-refractivity contribution in [2.75, 3.05) is 19.7 Å². The predicted octanol–water partition coefficient (Wildman–Crippen LogP) is 2.68. The van der Waals surface area contributed by atoms with E-state index in [1.807, 2.05) is 42.5 Å². The van der Waals surface area contributed by atoms with Crippen LogP contribution in [0.2, 0.25) is 0 Å². The fraction of sp³-hybridized carbons (Fsp3) is 0.190. The van der Waals surface area contributed by atoms with Gasteiger partial charge in [0.25, 0.3) is 5.91 Å². The van der Waals surface area contributed by atoms with E-state index in [9.17, 15) is 4.79 Å². The molecule has 4 aromatic rings. The third kappa shape index (κ3) is 3.52. The molecule has 0 radical (unpaired) electrons. The molecule has 0 N–H and O–H groups in total. The standard InChI is InChI=1S/C21H17N5O3/c27-19(13-28-17-6-5-14-3-1-2-4-15(14)9-17)26-11-16(12-26)21-24-20(25-29-21)18-10-22-7-8-23-18/h1-10,16H,11-13H2. The second-order valence-electron chi connectivity index (χ2n) is 6.84. The molecule has 2 aromatic carbocycles. The second-order valence-corrected chi connectivity index (χ2v) is 6.84. The van der Waals surface area contributed by atoms with Crippen LogP contribution in [0.25, 0.3) is 22.3 Å². The van der Waals surface area contributed by atoms with Crippen LogP contribution in [0.15, 0.2) is 65.6 Å². The van der Waals surface area contributed by atoms with E-state index in [0.717, 1.165) is 10.8 Å². The first-order valence-electron chi connectivity index (χ1n) is 9.25. The van der Waals surface area contributed by atoms with Gasteiger partial charge in [-0.05, 0) is 22.9 Å². The second kappa shape index (κ2) is 7.31. The Morgan fingerprint density at radius 2 is 2.00 bits per heavy atom. The number of fused-ring (bicyclic) bond motifs is 1. The van der Waals surface area contributed by atoms with Crippen molar-refractivity contribution in [1.82, 2.24) is 25.0 Å². The van der Waals surface area contributed by atoms with Gasteiger partial charge in [-0.3, -0.25) is 9.78 Å². The minimum absolute atomic E-state index is 0.000250. The normalized spacial score (nSPS) is 14.0. The number of ether oxygens (including phenoxy) is 1. The van der Waals surface area contributed by atoms with Gasteiger partial charge in [-0.15, -0.1) is 0 Å². The number of aromatic nitrogens is 4. The minimum atomic E-state index is -0.0666. The molecule has 5 rings (SSSR count). The molecule has 1 aliphatic heterocycles. The maximum Gasteiger partial charge on any atom is 0.260 e. The lowest BCUT2D eigenvalue weighted by atomic mass is 10.0. The molecule has 0 saturated carbocycles. The van der Waals surface area contributed by atoms with E-state index in [-0.39, 0.29) is 18.4 Å².